The molecular formula is C36H22N4S. The molecule has 0 aliphatic carbocycles. The smallest absolute Gasteiger partial charge is 0.179 e. The number of aromatic nitrogens is 4. The minimum atomic E-state index is 0.603. The highest BCUT2D eigenvalue weighted by Crippen LogP contribution is 2.39. The Bertz CT molecular complexity index is 2190. The van der Waals surface area contributed by atoms with Gasteiger partial charge in [-0.15, -0.1) is 11.3 Å². The molecule has 0 aliphatic rings. The minimum absolute atomic E-state index is 0.603. The van der Waals surface area contributed by atoms with Crippen LogP contribution in [0.25, 0.3) is 76.5 Å². The van der Waals surface area contributed by atoms with E-state index < -0.39 is 0 Å². The molecule has 41 heavy (non-hydrogen) atoms. The maximum Gasteiger partial charge on any atom is 0.179 e. The first-order chi connectivity index (χ1) is 20.3. The Morgan fingerprint density at radius 2 is 1.12 bits per heavy atom. The van der Waals surface area contributed by atoms with Crippen molar-refractivity contribution in [1.29, 1.82) is 0 Å². The van der Waals surface area contributed by atoms with Crippen LogP contribution >= 0.6 is 11.3 Å². The van der Waals surface area contributed by atoms with Gasteiger partial charge >= 0.3 is 0 Å². The zero-order valence-electron chi connectivity index (χ0n) is 21.9. The van der Waals surface area contributed by atoms with Gasteiger partial charge in [0.25, 0.3) is 0 Å². The standard InChI is InChI=1S/C36H22N4S/c1-2-10-23(11-3-1)32-22-33(39-35(38-32)31-21-18-24-12-4-7-15-29(24)37-31)27-19-20-28(26-14-6-5-13-25(26)27)36-40-30-16-8-9-17-34(30)41-36/h1-22H. The lowest BCUT2D eigenvalue weighted by atomic mass is 9.97. The summed E-state index contributed by atoms with van der Waals surface area (Å²) in [5, 5.41) is 4.38. The van der Waals surface area contributed by atoms with Crippen molar-refractivity contribution in [3.05, 3.63) is 133 Å². The fraction of sp³-hybridized carbons (Fsp3) is 0. The third kappa shape index (κ3) is 4.24. The van der Waals surface area contributed by atoms with Crippen molar-refractivity contribution in [2.75, 3.05) is 0 Å². The lowest BCUT2D eigenvalue weighted by Gasteiger charge is -2.13. The number of para-hydroxylation sites is 2. The summed E-state index contributed by atoms with van der Waals surface area (Å²) >= 11 is 1.72. The molecule has 8 aromatic rings. The molecule has 3 aromatic heterocycles. The average molecular weight is 543 g/mol. The van der Waals surface area contributed by atoms with Gasteiger partial charge < -0.3 is 0 Å². The van der Waals surface area contributed by atoms with E-state index in [2.05, 4.69) is 84.9 Å². The predicted molar refractivity (Wildman–Crippen MR) is 170 cm³/mol. The molecule has 3 heterocycles. The Morgan fingerprint density at radius 1 is 0.439 bits per heavy atom. The lowest BCUT2D eigenvalue weighted by molar-refractivity contribution is 1.16. The van der Waals surface area contributed by atoms with Crippen molar-refractivity contribution >= 4 is 43.2 Å². The van der Waals surface area contributed by atoms with Crippen LogP contribution in [0.4, 0.5) is 0 Å². The fourth-order valence-corrected chi connectivity index (χ4v) is 6.35. The van der Waals surface area contributed by atoms with Crippen LogP contribution in [0.15, 0.2) is 133 Å². The van der Waals surface area contributed by atoms with E-state index in [-0.39, 0.29) is 0 Å². The first-order valence-electron chi connectivity index (χ1n) is 13.5. The molecule has 0 spiro atoms. The second kappa shape index (κ2) is 9.73. The van der Waals surface area contributed by atoms with Crippen LogP contribution < -0.4 is 0 Å². The highest BCUT2D eigenvalue weighted by atomic mass is 32.1. The Balaban J connectivity index is 1.34. The van der Waals surface area contributed by atoms with Crippen LogP contribution in [-0.4, -0.2) is 19.9 Å². The zero-order chi connectivity index (χ0) is 27.2. The van der Waals surface area contributed by atoms with E-state index in [9.17, 15) is 0 Å². The molecule has 0 fully saturated rings. The van der Waals surface area contributed by atoms with Gasteiger partial charge in [-0.3, -0.25) is 0 Å². The van der Waals surface area contributed by atoms with E-state index in [1.54, 1.807) is 11.3 Å². The van der Waals surface area contributed by atoms with E-state index in [0.717, 1.165) is 66.0 Å². The third-order valence-corrected chi connectivity index (χ3v) is 8.42. The summed E-state index contributed by atoms with van der Waals surface area (Å²) in [6.45, 7) is 0. The van der Waals surface area contributed by atoms with Gasteiger partial charge in [0.05, 0.1) is 27.1 Å². The molecule has 4 nitrogen and oxygen atoms in total. The van der Waals surface area contributed by atoms with E-state index in [0.29, 0.717) is 5.82 Å². The Morgan fingerprint density at radius 3 is 1.98 bits per heavy atom. The van der Waals surface area contributed by atoms with Crippen LogP contribution in [0.1, 0.15) is 0 Å². The van der Waals surface area contributed by atoms with E-state index in [1.807, 2.05) is 48.5 Å². The van der Waals surface area contributed by atoms with Gasteiger partial charge in [-0.1, -0.05) is 103 Å². The maximum atomic E-state index is 5.11. The molecule has 0 atom stereocenters. The first kappa shape index (κ1) is 23.6. The maximum absolute atomic E-state index is 5.11. The largest absolute Gasteiger partial charge is 0.244 e. The molecule has 0 saturated heterocycles. The summed E-state index contributed by atoms with van der Waals surface area (Å²) < 4.78 is 1.19. The summed E-state index contributed by atoms with van der Waals surface area (Å²) in [7, 11) is 0. The van der Waals surface area contributed by atoms with E-state index >= 15 is 0 Å². The van der Waals surface area contributed by atoms with Gasteiger partial charge in [-0.25, -0.2) is 19.9 Å². The number of rotatable bonds is 4. The third-order valence-electron chi connectivity index (χ3n) is 7.35. The van der Waals surface area contributed by atoms with Gasteiger partial charge in [0.1, 0.15) is 10.7 Å². The topological polar surface area (TPSA) is 51.6 Å². The average Bonchev–Trinajstić information content (AvgIpc) is 3.48. The normalized spacial score (nSPS) is 11.4. The number of hydrogen-bond acceptors (Lipinski definition) is 5. The number of benzene rings is 5. The van der Waals surface area contributed by atoms with Gasteiger partial charge in [0.2, 0.25) is 0 Å². The van der Waals surface area contributed by atoms with Crippen molar-refractivity contribution in [2.24, 2.45) is 0 Å². The number of pyridine rings is 1. The van der Waals surface area contributed by atoms with Gasteiger partial charge in [-0.05, 0) is 41.1 Å². The van der Waals surface area contributed by atoms with Crippen molar-refractivity contribution in [2.45, 2.75) is 0 Å². The molecule has 0 unspecified atom stereocenters. The molecule has 0 N–H and O–H groups in total. The van der Waals surface area contributed by atoms with Gasteiger partial charge in [0, 0.05) is 22.1 Å². The molecule has 5 aromatic carbocycles. The molecular weight excluding hydrogens is 520 g/mol. The second-order valence-corrected chi connectivity index (χ2v) is 10.9. The molecule has 0 bridgehead atoms. The van der Waals surface area contributed by atoms with E-state index in [1.165, 1.54) is 4.70 Å². The number of nitrogens with zero attached hydrogens (tertiary/aromatic N) is 4. The highest BCUT2D eigenvalue weighted by molar-refractivity contribution is 7.21. The van der Waals surface area contributed by atoms with Crippen LogP contribution in [0.2, 0.25) is 0 Å². The van der Waals surface area contributed by atoms with Crippen molar-refractivity contribution < 1.29 is 0 Å². The Hall–Kier alpha value is -5.26. The van der Waals surface area contributed by atoms with Crippen LogP contribution in [0.3, 0.4) is 0 Å². The minimum Gasteiger partial charge on any atom is -0.244 e. The summed E-state index contributed by atoms with van der Waals surface area (Å²) in [5.74, 6) is 0.603. The van der Waals surface area contributed by atoms with Crippen LogP contribution in [0, 0.1) is 0 Å². The monoisotopic (exact) mass is 542 g/mol. The molecule has 0 saturated carbocycles. The molecule has 5 heteroatoms. The molecule has 0 aliphatic heterocycles. The molecule has 0 amide bonds. The SMILES string of the molecule is c1ccc(-c2cc(-c3ccc(-c4nc5ccccc5s4)c4ccccc34)nc(-c3ccc4ccccc4n3)n2)cc1. The first-order valence-corrected chi connectivity index (χ1v) is 14.3. The van der Waals surface area contributed by atoms with Crippen LogP contribution in [-0.2, 0) is 0 Å². The fourth-order valence-electron chi connectivity index (χ4n) is 5.34. The van der Waals surface area contributed by atoms with Gasteiger partial charge in [-0.2, -0.15) is 0 Å². The summed E-state index contributed by atoms with van der Waals surface area (Å²) in [4.78, 5) is 20.0. The van der Waals surface area contributed by atoms with Crippen molar-refractivity contribution in [3.8, 4) is 44.6 Å². The van der Waals surface area contributed by atoms with Crippen molar-refractivity contribution in [3.63, 3.8) is 0 Å². The lowest BCUT2D eigenvalue weighted by Crippen LogP contribution is -1.98. The predicted octanol–water partition coefficient (Wildman–Crippen LogP) is 9.46. The summed E-state index contributed by atoms with van der Waals surface area (Å²) in [6.07, 6.45) is 0. The Kier molecular flexibility index (Phi) is 5.61. The molecule has 192 valence electrons. The van der Waals surface area contributed by atoms with E-state index in [4.69, 9.17) is 19.9 Å². The Labute approximate surface area is 240 Å². The quantitative estimate of drug-likeness (QED) is 0.222. The second-order valence-electron chi connectivity index (χ2n) is 9.91. The highest BCUT2D eigenvalue weighted by Gasteiger charge is 2.16. The van der Waals surface area contributed by atoms with Crippen molar-refractivity contribution in [1.82, 2.24) is 19.9 Å². The van der Waals surface area contributed by atoms with Crippen LogP contribution in [0.5, 0.6) is 0 Å². The van der Waals surface area contributed by atoms with Gasteiger partial charge in [0.15, 0.2) is 5.82 Å². The molecule has 0 radical (unpaired) electrons. The summed E-state index contributed by atoms with van der Waals surface area (Å²) in [5.41, 5.74) is 7.62. The number of fused-ring (bicyclic) bond motifs is 3. The number of thiazole rings is 1. The zero-order valence-corrected chi connectivity index (χ0v) is 22.7. The molecule has 8 rings (SSSR count). The number of hydrogen-bond donors (Lipinski definition) is 0. The summed E-state index contributed by atoms with van der Waals surface area (Å²) in [6, 6.07) is 45.7.